The summed E-state index contributed by atoms with van der Waals surface area (Å²) in [6.45, 7) is 0. The number of rotatable bonds is 4. The van der Waals surface area contributed by atoms with Crippen LogP contribution in [0.3, 0.4) is 0 Å². The number of para-hydroxylation sites is 4. The fraction of sp³-hybridized carbons (Fsp3) is 0. The molecule has 0 radical (unpaired) electrons. The fourth-order valence-corrected chi connectivity index (χ4v) is 8.30. The minimum atomic E-state index is -0.324. The molecule has 11 aromatic rings. The smallest absolute Gasteiger partial charge is 0.344 e. The van der Waals surface area contributed by atoms with Gasteiger partial charge in [0, 0.05) is 38.3 Å². The van der Waals surface area contributed by atoms with Gasteiger partial charge in [0.05, 0.1) is 27.5 Å². The lowest BCUT2D eigenvalue weighted by molar-refractivity contribution is 0.569. The lowest BCUT2D eigenvalue weighted by atomic mass is 9.98. The van der Waals surface area contributed by atoms with Gasteiger partial charge in [0.15, 0.2) is 0 Å². The van der Waals surface area contributed by atoms with E-state index in [0.717, 1.165) is 60.8 Å². The Morgan fingerprint density at radius 2 is 0.774 bits per heavy atom. The van der Waals surface area contributed by atoms with E-state index >= 15 is 0 Å². The van der Waals surface area contributed by atoms with E-state index in [9.17, 15) is 4.79 Å². The molecular formula is C49H30N2O2. The minimum Gasteiger partial charge on any atom is -0.422 e. The Hall–Kier alpha value is -7.17. The van der Waals surface area contributed by atoms with E-state index in [1.807, 2.05) is 36.4 Å². The van der Waals surface area contributed by atoms with Gasteiger partial charge in [0.1, 0.15) is 5.58 Å². The highest BCUT2D eigenvalue weighted by molar-refractivity contribution is 6.13. The lowest BCUT2D eigenvalue weighted by Crippen LogP contribution is -2.00. The molecule has 248 valence electrons. The molecule has 0 aliphatic rings. The summed E-state index contributed by atoms with van der Waals surface area (Å²) < 4.78 is 10.4. The van der Waals surface area contributed by atoms with E-state index in [-0.39, 0.29) is 5.63 Å². The molecule has 3 aromatic heterocycles. The maximum absolute atomic E-state index is 13.2. The van der Waals surface area contributed by atoms with Crippen LogP contribution in [0.25, 0.3) is 99.0 Å². The number of hydrogen-bond donors (Lipinski definition) is 0. The zero-order chi connectivity index (χ0) is 35.0. The molecular weight excluding hydrogens is 649 g/mol. The van der Waals surface area contributed by atoms with Crippen molar-refractivity contribution in [3.63, 3.8) is 0 Å². The summed E-state index contributed by atoms with van der Waals surface area (Å²) in [5.74, 6) is 0. The summed E-state index contributed by atoms with van der Waals surface area (Å²) in [4.78, 5) is 13.2. The summed E-state index contributed by atoms with van der Waals surface area (Å²) in [5.41, 5.74) is 11.5. The number of nitrogens with zero attached hydrogens (tertiary/aromatic N) is 2. The van der Waals surface area contributed by atoms with E-state index < -0.39 is 0 Å². The van der Waals surface area contributed by atoms with Crippen LogP contribution in [-0.4, -0.2) is 9.13 Å². The van der Waals surface area contributed by atoms with Gasteiger partial charge in [-0.3, -0.25) is 0 Å². The Balaban J connectivity index is 1.13. The molecule has 0 atom stereocenters. The van der Waals surface area contributed by atoms with Crippen molar-refractivity contribution in [2.45, 2.75) is 0 Å². The highest BCUT2D eigenvalue weighted by Crippen LogP contribution is 2.39. The van der Waals surface area contributed by atoms with Crippen LogP contribution in [0.5, 0.6) is 0 Å². The van der Waals surface area contributed by atoms with Crippen molar-refractivity contribution in [1.82, 2.24) is 9.13 Å². The normalized spacial score (nSPS) is 11.8. The molecule has 4 heteroatoms. The molecule has 0 unspecified atom stereocenters. The molecule has 0 spiro atoms. The topological polar surface area (TPSA) is 40.1 Å². The SMILES string of the molecule is O=c1oc2ccccc2c2ccc(-c3ccc4c(c3)c3cc(-c5ccc6c7ccccc7n(-c7ccccc7)c6c5)ccc3n4-c3ccccc3)cc12. The Morgan fingerprint density at radius 3 is 1.43 bits per heavy atom. The maximum atomic E-state index is 13.2. The van der Waals surface area contributed by atoms with Crippen LogP contribution in [0.4, 0.5) is 0 Å². The summed E-state index contributed by atoms with van der Waals surface area (Å²) in [6, 6.07) is 63.9. The van der Waals surface area contributed by atoms with E-state index in [4.69, 9.17) is 4.42 Å². The van der Waals surface area contributed by atoms with Gasteiger partial charge in [-0.2, -0.15) is 0 Å². The standard InChI is InChI=1S/C49H30N2O2/c52-49-43-29-31(19-23-37(43)40-16-8-10-18-48(40)53-49)32-21-25-45-41(27-32)42-28-33(22-26-46(42)50(45)35-11-3-1-4-12-35)34-20-24-39-38-15-7-9-17-44(38)51(47(39)30-34)36-13-5-2-6-14-36/h1-30H. The average Bonchev–Trinajstić information content (AvgIpc) is 3.73. The van der Waals surface area contributed by atoms with Crippen molar-refractivity contribution in [3.8, 4) is 33.6 Å². The van der Waals surface area contributed by atoms with Crippen LogP contribution in [-0.2, 0) is 0 Å². The van der Waals surface area contributed by atoms with Gasteiger partial charge in [0.25, 0.3) is 0 Å². The van der Waals surface area contributed by atoms with Crippen molar-refractivity contribution >= 4 is 65.4 Å². The van der Waals surface area contributed by atoms with Crippen molar-refractivity contribution in [1.29, 1.82) is 0 Å². The molecule has 0 saturated carbocycles. The van der Waals surface area contributed by atoms with Gasteiger partial charge in [-0.1, -0.05) is 109 Å². The Labute approximate surface area is 304 Å². The quantitative estimate of drug-likeness (QED) is 0.137. The molecule has 0 aliphatic carbocycles. The molecule has 0 aliphatic heterocycles. The third-order valence-electron chi connectivity index (χ3n) is 10.8. The lowest BCUT2D eigenvalue weighted by Gasteiger charge is -2.10. The third-order valence-corrected chi connectivity index (χ3v) is 10.8. The molecule has 53 heavy (non-hydrogen) atoms. The first kappa shape index (κ1) is 29.5. The monoisotopic (exact) mass is 678 g/mol. The molecule has 0 amide bonds. The van der Waals surface area contributed by atoms with Crippen molar-refractivity contribution in [3.05, 3.63) is 192 Å². The van der Waals surface area contributed by atoms with Crippen LogP contribution in [0.1, 0.15) is 0 Å². The highest BCUT2D eigenvalue weighted by Gasteiger charge is 2.17. The first-order valence-electron chi connectivity index (χ1n) is 17.9. The van der Waals surface area contributed by atoms with Crippen LogP contribution in [0.2, 0.25) is 0 Å². The zero-order valence-corrected chi connectivity index (χ0v) is 28.5. The average molecular weight is 679 g/mol. The summed E-state index contributed by atoms with van der Waals surface area (Å²) in [7, 11) is 0. The van der Waals surface area contributed by atoms with E-state index in [2.05, 4.69) is 155 Å². The number of fused-ring (bicyclic) bond motifs is 9. The van der Waals surface area contributed by atoms with Crippen LogP contribution < -0.4 is 5.63 Å². The van der Waals surface area contributed by atoms with Gasteiger partial charge in [-0.15, -0.1) is 0 Å². The first-order chi connectivity index (χ1) is 26.2. The Bertz CT molecular complexity index is 3300. The predicted octanol–water partition coefficient (Wildman–Crippen LogP) is 12.5. The fourth-order valence-electron chi connectivity index (χ4n) is 8.30. The minimum absolute atomic E-state index is 0.324. The molecule has 0 fully saturated rings. The largest absolute Gasteiger partial charge is 0.422 e. The Kier molecular flexibility index (Phi) is 6.37. The van der Waals surface area contributed by atoms with E-state index in [0.29, 0.717) is 11.0 Å². The second-order valence-electron chi connectivity index (χ2n) is 13.7. The summed E-state index contributed by atoms with van der Waals surface area (Å²) in [6.07, 6.45) is 0. The third kappa shape index (κ3) is 4.52. The van der Waals surface area contributed by atoms with Crippen LogP contribution in [0.15, 0.2) is 191 Å². The zero-order valence-electron chi connectivity index (χ0n) is 28.5. The second-order valence-corrected chi connectivity index (χ2v) is 13.7. The molecule has 0 N–H and O–H groups in total. The van der Waals surface area contributed by atoms with Crippen molar-refractivity contribution < 1.29 is 4.42 Å². The molecule has 0 bridgehead atoms. The van der Waals surface area contributed by atoms with Crippen LogP contribution in [0, 0.1) is 0 Å². The van der Waals surface area contributed by atoms with E-state index in [1.165, 1.54) is 27.2 Å². The Morgan fingerprint density at radius 1 is 0.321 bits per heavy atom. The van der Waals surface area contributed by atoms with Crippen molar-refractivity contribution in [2.75, 3.05) is 0 Å². The van der Waals surface area contributed by atoms with Crippen molar-refractivity contribution in [2.24, 2.45) is 0 Å². The van der Waals surface area contributed by atoms with Gasteiger partial charge < -0.3 is 13.6 Å². The first-order valence-corrected chi connectivity index (χ1v) is 17.9. The van der Waals surface area contributed by atoms with E-state index in [1.54, 1.807) is 0 Å². The molecule has 4 nitrogen and oxygen atoms in total. The van der Waals surface area contributed by atoms with Gasteiger partial charge in [-0.05, 0) is 100 Å². The summed E-state index contributed by atoms with van der Waals surface area (Å²) in [5, 5.41) is 7.20. The van der Waals surface area contributed by atoms with Crippen LogP contribution >= 0.6 is 0 Å². The number of hydrogen-bond acceptors (Lipinski definition) is 2. The summed E-state index contributed by atoms with van der Waals surface area (Å²) >= 11 is 0. The van der Waals surface area contributed by atoms with Gasteiger partial charge in [0.2, 0.25) is 0 Å². The molecule has 0 saturated heterocycles. The molecule has 11 rings (SSSR count). The maximum Gasteiger partial charge on any atom is 0.344 e. The van der Waals surface area contributed by atoms with Gasteiger partial charge >= 0.3 is 5.63 Å². The molecule has 3 heterocycles. The van der Waals surface area contributed by atoms with Gasteiger partial charge in [-0.25, -0.2) is 4.79 Å². The number of benzene rings is 8. The highest BCUT2D eigenvalue weighted by atomic mass is 16.4. The second kappa shape index (κ2) is 11.4. The molecule has 8 aromatic carbocycles. The predicted molar refractivity (Wildman–Crippen MR) is 220 cm³/mol. The number of aromatic nitrogens is 2.